The molecule has 1 saturated heterocycles. The zero-order valence-electron chi connectivity index (χ0n) is 16.7. The first-order valence-corrected chi connectivity index (χ1v) is 10.2. The lowest BCUT2D eigenvalue weighted by Gasteiger charge is -2.39. The Hall–Kier alpha value is -1.60. The van der Waals surface area contributed by atoms with Crippen LogP contribution >= 0.6 is 0 Å². The van der Waals surface area contributed by atoms with E-state index in [-0.39, 0.29) is 29.9 Å². The molecule has 0 aromatic heterocycles. The predicted molar refractivity (Wildman–Crippen MR) is 110 cm³/mol. The van der Waals surface area contributed by atoms with Crippen LogP contribution in [-0.2, 0) is 0 Å². The Kier molecular flexibility index (Phi) is 6.99. The van der Waals surface area contributed by atoms with Gasteiger partial charge in [0.1, 0.15) is 0 Å². The average Bonchev–Trinajstić information content (AvgIpc) is 2.85. The van der Waals surface area contributed by atoms with Gasteiger partial charge >= 0.3 is 0 Å². The van der Waals surface area contributed by atoms with Gasteiger partial charge in [0.25, 0.3) is 5.91 Å². The number of para-hydroxylation sites is 2. The minimum Gasteiger partial charge on any atom is -1.00 e. The molecule has 0 aliphatic carbocycles. The molecule has 0 atom stereocenters. The molecule has 28 heavy (non-hydrogen) atoms. The molecule has 2 aliphatic heterocycles. The molecular weight excluding hydrogens is 461 g/mol. The fourth-order valence-corrected chi connectivity index (χ4v) is 4.45. The summed E-state index contributed by atoms with van der Waals surface area (Å²) in [5.41, 5.74) is 2.99. The van der Waals surface area contributed by atoms with Crippen molar-refractivity contribution >= 4 is 17.3 Å². The summed E-state index contributed by atoms with van der Waals surface area (Å²) in [5.74, 6) is 0.174. The van der Waals surface area contributed by atoms with E-state index in [9.17, 15) is 4.79 Å². The number of piperidine rings is 1. The van der Waals surface area contributed by atoms with E-state index in [0.717, 1.165) is 47.6 Å². The molecule has 0 spiro atoms. The lowest BCUT2D eigenvalue weighted by atomic mass is 10.1. The number of rotatable bonds is 4. The van der Waals surface area contributed by atoms with Crippen LogP contribution < -0.4 is 28.9 Å². The molecule has 2 aromatic carbocycles. The molecule has 1 amide bonds. The standard InChI is InChI=1S/C23H30N3O.HI/c1-26(17-8-3-9-18-26)19-16-24-14-15-25(20-10-4-2-5-11-20)22-13-7-6-12-21(22)23(24)27;/h2,4-7,10-13H,3,8-9,14-19H2,1H3;1H/q+1;/p-1. The Morgan fingerprint density at radius 2 is 1.57 bits per heavy atom. The van der Waals surface area contributed by atoms with Gasteiger partial charge in [0.05, 0.1) is 44.5 Å². The van der Waals surface area contributed by atoms with Gasteiger partial charge < -0.3 is 38.3 Å². The first-order valence-electron chi connectivity index (χ1n) is 10.2. The van der Waals surface area contributed by atoms with E-state index in [1.165, 1.54) is 32.4 Å². The molecular formula is C23H30IN3O. The van der Waals surface area contributed by atoms with Crippen LogP contribution in [0.1, 0.15) is 29.6 Å². The largest absolute Gasteiger partial charge is 1.00 e. The minimum absolute atomic E-state index is 0. The van der Waals surface area contributed by atoms with Crippen molar-refractivity contribution in [3.8, 4) is 0 Å². The van der Waals surface area contributed by atoms with Crippen molar-refractivity contribution in [3.63, 3.8) is 0 Å². The highest BCUT2D eigenvalue weighted by molar-refractivity contribution is 6.01. The fourth-order valence-electron chi connectivity index (χ4n) is 4.45. The number of halogens is 1. The van der Waals surface area contributed by atoms with Crippen molar-refractivity contribution in [1.29, 1.82) is 0 Å². The topological polar surface area (TPSA) is 23.6 Å². The third-order valence-electron chi connectivity index (χ3n) is 6.18. The van der Waals surface area contributed by atoms with Crippen molar-refractivity contribution in [2.24, 2.45) is 0 Å². The second-order valence-corrected chi connectivity index (χ2v) is 8.15. The smallest absolute Gasteiger partial charge is 0.256 e. The first kappa shape index (κ1) is 21.1. The van der Waals surface area contributed by atoms with Gasteiger partial charge in [0.2, 0.25) is 0 Å². The SMILES string of the molecule is C[N+]1(CCN2CCN(c3ccccc3)c3ccccc3C2=O)CCCCC1.[I-]. The van der Waals surface area contributed by atoms with Crippen molar-refractivity contribution in [3.05, 3.63) is 60.2 Å². The number of benzene rings is 2. The molecule has 5 heteroatoms. The van der Waals surface area contributed by atoms with Crippen LogP contribution in [0.5, 0.6) is 0 Å². The van der Waals surface area contributed by atoms with E-state index in [0.29, 0.717) is 0 Å². The number of amides is 1. The molecule has 2 heterocycles. The normalized spacial score (nSPS) is 18.8. The van der Waals surface area contributed by atoms with Gasteiger partial charge in [-0.15, -0.1) is 0 Å². The van der Waals surface area contributed by atoms with Crippen LogP contribution in [0.15, 0.2) is 54.6 Å². The van der Waals surface area contributed by atoms with Gasteiger partial charge in [-0.1, -0.05) is 30.3 Å². The number of fused-ring (bicyclic) bond motifs is 1. The Bertz CT molecular complexity index is 789. The summed E-state index contributed by atoms with van der Waals surface area (Å²) in [7, 11) is 2.35. The summed E-state index contributed by atoms with van der Waals surface area (Å²) >= 11 is 0. The maximum Gasteiger partial charge on any atom is 0.256 e. The van der Waals surface area contributed by atoms with E-state index in [4.69, 9.17) is 0 Å². The number of hydrogen-bond donors (Lipinski definition) is 0. The van der Waals surface area contributed by atoms with E-state index in [2.05, 4.69) is 47.2 Å². The number of likely N-dealkylation sites (tertiary alicyclic amines) is 1. The van der Waals surface area contributed by atoms with Crippen molar-refractivity contribution in [2.75, 3.05) is 51.2 Å². The average molecular weight is 491 g/mol. The summed E-state index contributed by atoms with van der Waals surface area (Å²) in [6, 6.07) is 18.4. The Labute approximate surface area is 185 Å². The van der Waals surface area contributed by atoms with Gasteiger partial charge in [0, 0.05) is 18.8 Å². The fraction of sp³-hybridized carbons (Fsp3) is 0.435. The highest BCUT2D eigenvalue weighted by atomic mass is 127. The predicted octanol–water partition coefficient (Wildman–Crippen LogP) is 0.915. The zero-order valence-corrected chi connectivity index (χ0v) is 18.8. The maximum atomic E-state index is 13.3. The van der Waals surface area contributed by atoms with E-state index >= 15 is 0 Å². The monoisotopic (exact) mass is 491 g/mol. The number of nitrogens with zero attached hydrogens (tertiary/aromatic N) is 3. The summed E-state index contributed by atoms with van der Waals surface area (Å²) in [5, 5.41) is 0. The molecule has 4 nitrogen and oxygen atoms in total. The summed E-state index contributed by atoms with van der Waals surface area (Å²) in [6.07, 6.45) is 3.99. The molecule has 0 N–H and O–H groups in total. The lowest BCUT2D eigenvalue weighted by molar-refractivity contribution is -0.913. The lowest BCUT2D eigenvalue weighted by Crippen LogP contribution is -3.00. The van der Waals surface area contributed by atoms with Gasteiger partial charge in [0.15, 0.2) is 0 Å². The second-order valence-electron chi connectivity index (χ2n) is 8.15. The number of hydrogen-bond acceptors (Lipinski definition) is 2. The molecule has 2 aromatic rings. The van der Waals surface area contributed by atoms with Gasteiger partial charge in [-0.05, 0) is 43.5 Å². The van der Waals surface area contributed by atoms with Crippen molar-refractivity contribution in [1.82, 2.24) is 4.90 Å². The maximum absolute atomic E-state index is 13.3. The number of quaternary nitrogens is 1. The molecule has 0 radical (unpaired) electrons. The Morgan fingerprint density at radius 3 is 2.32 bits per heavy atom. The van der Waals surface area contributed by atoms with Crippen LogP contribution in [0.3, 0.4) is 0 Å². The molecule has 150 valence electrons. The molecule has 2 aliphatic rings. The van der Waals surface area contributed by atoms with Crippen molar-refractivity contribution < 1.29 is 33.3 Å². The molecule has 4 rings (SSSR count). The Balaban J connectivity index is 0.00000225. The number of likely N-dealkylation sites (N-methyl/N-ethyl adjacent to an activating group) is 1. The quantitative estimate of drug-likeness (QED) is 0.469. The van der Waals surface area contributed by atoms with E-state index in [1.54, 1.807) is 0 Å². The third kappa shape index (κ3) is 4.51. The summed E-state index contributed by atoms with van der Waals surface area (Å²) < 4.78 is 1.10. The minimum atomic E-state index is 0. The molecule has 0 bridgehead atoms. The van der Waals surface area contributed by atoms with Crippen LogP contribution in [0.2, 0.25) is 0 Å². The molecule has 0 unspecified atom stereocenters. The highest BCUT2D eigenvalue weighted by Gasteiger charge is 2.30. The Morgan fingerprint density at radius 1 is 0.893 bits per heavy atom. The van der Waals surface area contributed by atoms with Crippen LogP contribution in [0, 0.1) is 0 Å². The molecule has 0 saturated carbocycles. The number of carbonyl (C=O) groups is 1. The van der Waals surface area contributed by atoms with Crippen LogP contribution in [-0.4, -0.2) is 61.6 Å². The first-order chi connectivity index (χ1) is 13.2. The van der Waals surface area contributed by atoms with Crippen LogP contribution in [0.25, 0.3) is 0 Å². The van der Waals surface area contributed by atoms with E-state index < -0.39 is 0 Å². The summed E-state index contributed by atoms with van der Waals surface area (Å²) in [4.78, 5) is 17.6. The second kappa shape index (κ2) is 9.27. The number of anilines is 2. The zero-order chi connectivity index (χ0) is 18.7. The number of carbonyl (C=O) groups excluding carboxylic acids is 1. The van der Waals surface area contributed by atoms with Gasteiger partial charge in [-0.3, -0.25) is 4.79 Å². The third-order valence-corrected chi connectivity index (χ3v) is 6.18. The van der Waals surface area contributed by atoms with Gasteiger partial charge in [-0.2, -0.15) is 0 Å². The summed E-state index contributed by atoms with van der Waals surface area (Å²) in [6.45, 7) is 5.98. The molecule has 1 fully saturated rings. The van der Waals surface area contributed by atoms with Crippen molar-refractivity contribution in [2.45, 2.75) is 19.3 Å². The van der Waals surface area contributed by atoms with Gasteiger partial charge in [-0.25, -0.2) is 0 Å². The van der Waals surface area contributed by atoms with E-state index in [1.807, 2.05) is 24.3 Å². The van der Waals surface area contributed by atoms with Crippen LogP contribution in [0.4, 0.5) is 11.4 Å². The highest BCUT2D eigenvalue weighted by Crippen LogP contribution is 2.31.